The topological polar surface area (TPSA) is 115 Å². The van der Waals surface area contributed by atoms with Gasteiger partial charge in [-0.1, -0.05) is 11.3 Å². The summed E-state index contributed by atoms with van der Waals surface area (Å²) in [6, 6.07) is 12.0. The number of likely N-dealkylation sites (tertiary alicyclic amines) is 1. The first-order chi connectivity index (χ1) is 17.0. The van der Waals surface area contributed by atoms with Gasteiger partial charge < -0.3 is 29.7 Å². The Morgan fingerprint density at radius 1 is 0.971 bits per heavy atom. The molecule has 1 saturated heterocycles. The maximum absolute atomic E-state index is 13.0. The van der Waals surface area contributed by atoms with Crippen molar-refractivity contribution in [3.63, 3.8) is 0 Å². The summed E-state index contributed by atoms with van der Waals surface area (Å²) < 4.78 is 15.7. The van der Waals surface area contributed by atoms with E-state index in [0.29, 0.717) is 41.7 Å². The SMILES string of the molecule is COc1ccc(NC(=O)c2nnc([C@@H]3CCCN(C(=O)Nc4cc(OC)ccc4OC)C3)s2)cc1. The third kappa shape index (κ3) is 5.80. The Kier molecular flexibility index (Phi) is 7.66. The Morgan fingerprint density at radius 3 is 2.43 bits per heavy atom. The van der Waals surface area contributed by atoms with Crippen molar-refractivity contribution >= 4 is 34.6 Å². The van der Waals surface area contributed by atoms with Crippen LogP contribution < -0.4 is 24.8 Å². The predicted octanol–water partition coefficient (Wildman–Crippen LogP) is 4.23. The molecular formula is C24H27N5O5S. The van der Waals surface area contributed by atoms with Crippen LogP contribution in [-0.4, -0.2) is 61.5 Å². The number of nitrogens with one attached hydrogen (secondary N) is 2. The van der Waals surface area contributed by atoms with Crippen molar-refractivity contribution in [2.45, 2.75) is 18.8 Å². The van der Waals surface area contributed by atoms with Gasteiger partial charge in [0.25, 0.3) is 5.91 Å². The van der Waals surface area contributed by atoms with E-state index in [4.69, 9.17) is 14.2 Å². The number of urea groups is 1. The highest BCUT2D eigenvalue weighted by Gasteiger charge is 2.28. The van der Waals surface area contributed by atoms with Crippen LogP contribution in [-0.2, 0) is 0 Å². The molecule has 184 valence electrons. The molecule has 1 aromatic heterocycles. The zero-order chi connectivity index (χ0) is 24.8. The molecule has 35 heavy (non-hydrogen) atoms. The predicted molar refractivity (Wildman–Crippen MR) is 133 cm³/mol. The van der Waals surface area contributed by atoms with Crippen molar-refractivity contribution in [3.05, 3.63) is 52.5 Å². The summed E-state index contributed by atoms with van der Waals surface area (Å²) in [5, 5.41) is 15.1. The molecule has 0 aliphatic carbocycles. The molecule has 0 bridgehead atoms. The fourth-order valence-electron chi connectivity index (χ4n) is 3.82. The molecule has 2 heterocycles. The van der Waals surface area contributed by atoms with Crippen molar-refractivity contribution < 1.29 is 23.8 Å². The van der Waals surface area contributed by atoms with E-state index in [2.05, 4.69) is 20.8 Å². The van der Waals surface area contributed by atoms with Gasteiger partial charge in [0.2, 0.25) is 5.01 Å². The summed E-state index contributed by atoms with van der Waals surface area (Å²) in [5.41, 5.74) is 1.17. The first-order valence-corrected chi connectivity index (χ1v) is 11.9. The molecule has 11 heteroatoms. The number of aromatic nitrogens is 2. The van der Waals surface area contributed by atoms with Gasteiger partial charge in [0.05, 0.1) is 27.0 Å². The molecule has 0 spiro atoms. The van der Waals surface area contributed by atoms with Crippen molar-refractivity contribution in [2.75, 3.05) is 45.1 Å². The lowest BCUT2D eigenvalue weighted by Gasteiger charge is -2.31. The minimum Gasteiger partial charge on any atom is -0.497 e. The Balaban J connectivity index is 1.39. The number of piperidine rings is 1. The summed E-state index contributed by atoms with van der Waals surface area (Å²) in [6.45, 7) is 1.10. The highest BCUT2D eigenvalue weighted by Crippen LogP contribution is 2.32. The number of hydrogen-bond acceptors (Lipinski definition) is 8. The second-order valence-electron chi connectivity index (χ2n) is 7.91. The van der Waals surface area contributed by atoms with E-state index in [1.807, 2.05) is 0 Å². The molecule has 0 saturated carbocycles. The summed E-state index contributed by atoms with van der Waals surface area (Å²) >= 11 is 1.25. The van der Waals surface area contributed by atoms with E-state index in [0.717, 1.165) is 17.8 Å². The molecule has 1 aliphatic heterocycles. The Bertz CT molecular complexity index is 1180. The standard InChI is InChI=1S/C24H27N5O5S/c1-32-17-8-6-16(7-9-17)25-21(30)23-28-27-22(35-23)15-5-4-12-29(14-15)24(31)26-19-13-18(33-2)10-11-20(19)34-3/h6-11,13,15H,4-5,12,14H2,1-3H3,(H,25,30)(H,26,31)/t15-/m1/s1. The smallest absolute Gasteiger partial charge is 0.321 e. The number of ether oxygens (including phenoxy) is 3. The minimum absolute atomic E-state index is 0.00161. The van der Waals surface area contributed by atoms with Crippen LogP contribution >= 0.6 is 11.3 Å². The number of hydrogen-bond donors (Lipinski definition) is 2. The van der Waals surface area contributed by atoms with Gasteiger partial charge >= 0.3 is 6.03 Å². The summed E-state index contributed by atoms with van der Waals surface area (Å²) in [5.74, 6) is 1.55. The fraction of sp³-hybridized carbons (Fsp3) is 0.333. The first kappa shape index (κ1) is 24.3. The molecule has 1 fully saturated rings. The Morgan fingerprint density at radius 2 is 1.71 bits per heavy atom. The summed E-state index contributed by atoms with van der Waals surface area (Å²) in [4.78, 5) is 27.4. The Hall–Kier alpha value is -3.86. The molecule has 10 nitrogen and oxygen atoms in total. The largest absolute Gasteiger partial charge is 0.497 e. The van der Waals surface area contributed by atoms with E-state index < -0.39 is 0 Å². The van der Waals surface area contributed by atoms with Crippen LogP contribution in [0.2, 0.25) is 0 Å². The van der Waals surface area contributed by atoms with Gasteiger partial charge in [-0.25, -0.2) is 4.79 Å². The van der Waals surface area contributed by atoms with E-state index in [1.165, 1.54) is 11.3 Å². The van der Waals surface area contributed by atoms with Crippen LogP contribution in [0.1, 0.15) is 33.6 Å². The van der Waals surface area contributed by atoms with Gasteiger partial charge in [-0.2, -0.15) is 0 Å². The lowest BCUT2D eigenvalue weighted by atomic mass is 9.99. The first-order valence-electron chi connectivity index (χ1n) is 11.1. The highest BCUT2D eigenvalue weighted by atomic mass is 32.1. The van der Waals surface area contributed by atoms with Crippen molar-refractivity contribution in [3.8, 4) is 17.2 Å². The van der Waals surface area contributed by atoms with Crippen LogP contribution in [0.25, 0.3) is 0 Å². The van der Waals surface area contributed by atoms with Gasteiger partial charge in [-0.15, -0.1) is 10.2 Å². The Labute approximate surface area is 207 Å². The van der Waals surface area contributed by atoms with Gasteiger partial charge in [-0.05, 0) is 49.2 Å². The minimum atomic E-state index is -0.325. The molecule has 0 unspecified atom stereocenters. The van der Waals surface area contributed by atoms with Gasteiger partial charge in [-0.3, -0.25) is 4.79 Å². The average Bonchev–Trinajstić information content (AvgIpc) is 3.40. The number of nitrogens with zero attached hydrogens (tertiary/aromatic N) is 3. The number of carbonyl (C=O) groups excluding carboxylic acids is 2. The molecule has 1 aliphatic rings. The van der Waals surface area contributed by atoms with E-state index in [1.54, 1.807) is 68.7 Å². The van der Waals surface area contributed by atoms with Crippen molar-refractivity contribution in [1.82, 2.24) is 15.1 Å². The monoisotopic (exact) mass is 497 g/mol. The molecule has 3 aromatic rings. The van der Waals surface area contributed by atoms with Crippen LogP contribution in [0.3, 0.4) is 0 Å². The molecule has 0 radical (unpaired) electrons. The van der Waals surface area contributed by atoms with Crippen LogP contribution in [0, 0.1) is 0 Å². The number of methoxy groups -OCH3 is 3. The molecule has 4 rings (SSSR count). The molecule has 3 amide bonds. The quantitative estimate of drug-likeness (QED) is 0.502. The zero-order valence-corrected chi connectivity index (χ0v) is 20.6. The third-order valence-electron chi connectivity index (χ3n) is 5.69. The fourth-order valence-corrected chi connectivity index (χ4v) is 4.68. The highest BCUT2D eigenvalue weighted by molar-refractivity contribution is 7.13. The van der Waals surface area contributed by atoms with E-state index in [-0.39, 0.29) is 22.9 Å². The average molecular weight is 498 g/mol. The molecule has 2 N–H and O–H groups in total. The zero-order valence-electron chi connectivity index (χ0n) is 19.7. The summed E-state index contributed by atoms with van der Waals surface area (Å²) in [6.07, 6.45) is 1.68. The maximum atomic E-state index is 13.0. The number of rotatable bonds is 7. The van der Waals surface area contributed by atoms with Gasteiger partial charge in [0, 0.05) is 30.8 Å². The van der Waals surface area contributed by atoms with Gasteiger partial charge in [0.15, 0.2) is 0 Å². The van der Waals surface area contributed by atoms with E-state index in [9.17, 15) is 9.59 Å². The lowest BCUT2D eigenvalue weighted by molar-refractivity contribution is 0.102. The van der Waals surface area contributed by atoms with Crippen molar-refractivity contribution in [1.29, 1.82) is 0 Å². The number of carbonyl (C=O) groups is 2. The van der Waals surface area contributed by atoms with Gasteiger partial charge in [0.1, 0.15) is 22.3 Å². The molecular weight excluding hydrogens is 470 g/mol. The van der Waals surface area contributed by atoms with Crippen molar-refractivity contribution in [2.24, 2.45) is 0 Å². The third-order valence-corrected chi connectivity index (χ3v) is 6.77. The number of anilines is 2. The van der Waals surface area contributed by atoms with E-state index >= 15 is 0 Å². The lowest BCUT2D eigenvalue weighted by Crippen LogP contribution is -2.41. The second kappa shape index (κ2) is 11.0. The maximum Gasteiger partial charge on any atom is 0.321 e. The van der Waals surface area contributed by atoms with Crippen LogP contribution in [0.5, 0.6) is 17.2 Å². The second-order valence-corrected chi connectivity index (χ2v) is 8.92. The van der Waals surface area contributed by atoms with Crippen LogP contribution in [0.4, 0.5) is 16.2 Å². The normalized spacial score (nSPS) is 15.3. The number of benzene rings is 2. The number of amides is 3. The summed E-state index contributed by atoms with van der Waals surface area (Å²) in [7, 11) is 4.70. The van der Waals surface area contributed by atoms with Crippen LogP contribution in [0.15, 0.2) is 42.5 Å². The molecule has 1 atom stereocenters. The molecule has 2 aromatic carbocycles.